The summed E-state index contributed by atoms with van der Waals surface area (Å²) in [5.74, 6) is 0. The second-order valence-electron chi connectivity index (χ2n) is 10.5. The minimum Gasteiger partial charge on any atom is -0.344 e. The Bertz CT molecular complexity index is 1330. The van der Waals surface area contributed by atoms with Crippen molar-refractivity contribution in [2.75, 3.05) is 23.9 Å². The third-order valence-corrected chi connectivity index (χ3v) is 7.08. The smallest absolute Gasteiger partial charge is 0.0484 e. The van der Waals surface area contributed by atoms with Crippen LogP contribution in [0.3, 0.4) is 0 Å². The zero-order valence-electron chi connectivity index (χ0n) is 24.4. The number of hydrogen-bond donors (Lipinski definition) is 0. The largest absolute Gasteiger partial charge is 0.344 e. The van der Waals surface area contributed by atoms with Crippen LogP contribution >= 0.6 is 0 Å². The second kappa shape index (κ2) is 13.3. The number of hydrogen-bond acceptors (Lipinski definition) is 2. The van der Waals surface area contributed by atoms with E-state index in [4.69, 9.17) is 0 Å². The highest BCUT2D eigenvalue weighted by Crippen LogP contribution is 2.36. The van der Waals surface area contributed by atoms with Gasteiger partial charge in [-0.2, -0.15) is 0 Å². The van der Waals surface area contributed by atoms with Crippen LogP contribution in [-0.2, 0) is 12.8 Å². The van der Waals surface area contributed by atoms with Gasteiger partial charge in [0.1, 0.15) is 0 Å². The molecule has 0 radical (unpaired) electrons. The van der Waals surface area contributed by atoms with E-state index in [0.717, 1.165) is 12.8 Å². The molecule has 39 heavy (non-hydrogen) atoms. The molecule has 2 aliphatic rings. The number of rotatable bonds is 4. The van der Waals surface area contributed by atoms with E-state index in [2.05, 4.69) is 160 Å². The molecule has 0 aliphatic heterocycles. The van der Waals surface area contributed by atoms with Crippen LogP contribution in [0.15, 0.2) is 108 Å². The lowest BCUT2D eigenvalue weighted by Gasteiger charge is -2.22. The van der Waals surface area contributed by atoms with Crippen molar-refractivity contribution in [2.45, 2.75) is 39.8 Å². The molecular formula is C36H42N2Si. The first-order valence-corrected chi connectivity index (χ1v) is 16.9. The van der Waals surface area contributed by atoms with E-state index in [0.29, 0.717) is 9.52 Å². The maximum atomic E-state index is 2.31. The van der Waals surface area contributed by atoms with E-state index >= 15 is 0 Å². The first kappa shape index (κ1) is 28.2. The van der Waals surface area contributed by atoms with E-state index in [1.807, 2.05) is 0 Å². The topological polar surface area (TPSA) is 6.48 Å². The van der Waals surface area contributed by atoms with Crippen molar-refractivity contribution in [1.82, 2.24) is 0 Å². The lowest BCUT2D eigenvalue weighted by molar-refractivity contribution is 1.17. The third kappa shape index (κ3) is 6.79. The van der Waals surface area contributed by atoms with Crippen molar-refractivity contribution in [2.24, 2.45) is 0 Å². The summed E-state index contributed by atoms with van der Waals surface area (Å²) < 4.78 is 0. The Morgan fingerprint density at radius 3 is 1.23 bits per heavy atom. The van der Waals surface area contributed by atoms with E-state index < -0.39 is 0 Å². The molecule has 6 rings (SSSR count). The Hall–Kier alpha value is -3.82. The van der Waals surface area contributed by atoms with Crippen molar-refractivity contribution in [3.05, 3.63) is 130 Å². The van der Waals surface area contributed by atoms with Crippen LogP contribution < -0.4 is 9.80 Å². The molecule has 4 aromatic carbocycles. The van der Waals surface area contributed by atoms with Crippen LogP contribution in [0.1, 0.15) is 36.1 Å². The van der Waals surface area contributed by atoms with Crippen LogP contribution in [0, 0.1) is 0 Å². The van der Waals surface area contributed by atoms with Gasteiger partial charge in [0, 0.05) is 57.5 Å². The molecule has 0 N–H and O–H groups in total. The Kier molecular flexibility index (Phi) is 9.62. The van der Waals surface area contributed by atoms with Gasteiger partial charge in [-0.1, -0.05) is 97.1 Å². The molecule has 2 nitrogen and oxygen atoms in total. The zero-order chi connectivity index (χ0) is 27.8. The molecule has 0 fully saturated rings. The molecule has 0 saturated carbocycles. The van der Waals surface area contributed by atoms with Gasteiger partial charge in [-0.05, 0) is 74.2 Å². The molecule has 0 heterocycles. The average Bonchev–Trinajstić information content (AvgIpc) is 3.54. The summed E-state index contributed by atoms with van der Waals surface area (Å²) in [6.45, 7) is 8.93. The SMILES string of the molecule is CC1=Cc2c(cccc2N(C)c2ccccc2)C1.CC1=Cc2c(cccc2N(C)c2ccccc2)C1.C[SiH2]C. The highest BCUT2D eigenvalue weighted by Gasteiger charge is 2.17. The fourth-order valence-corrected chi connectivity index (χ4v) is 5.20. The maximum absolute atomic E-state index is 2.31. The summed E-state index contributed by atoms with van der Waals surface area (Å²) in [5, 5.41) is 0. The van der Waals surface area contributed by atoms with E-state index in [1.165, 1.54) is 56.1 Å². The molecule has 200 valence electrons. The highest BCUT2D eigenvalue weighted by atomic mass is 28.2. The number of allylic oxidation sites excluding steroid dienone is 2. The van der Waals surface area contributed by atoms with Crippen molar-refractivity contribution >= 4 is 44.4 Å². The molecule has 3 heteroatoms. The number of nitrogens with zero attached hydrogens (tertiary/aromatic N) is 2. The molecule has 2 aliphatic carbocycles. The molecule has 0 bridgehead atoms. The Morgan fingerprint density at radius 1 is 0.513 bits per heavy atom. The van der Waals surface area contributed by atoms with Gasteiger partial charge in [0.2, 0.25) is 0 Å². The lowest BCUT2D eigenvalue weighted by Crippen LogP contribution is -2.10. The predicted octanol–water partition coefficient (Wildman–Crippen LogP) is 9.08. The fraction of sp³-hybridized carbons (Fsp3) is 0.222. The minimum absolute atomic E-state index is 0.417. The lowest BCUT2D eigenvalue weighted by atomic mass is 10.1. The molecule has 0 unspecified atom stereocenters. The summed E-state index contributed by atoms with van der Waals surface area (Å²) in [4.78, 5) is 4.52. The zero-order valence-corrected chi connectivity index (χ0v) is 25.8. The normalized spacial score (nSPS) is 12.6. The van der Waals surface area contributed by atoms with Crippen molar-refractivity contribution in [3.63, 3.8) is 0 Å². The standard InChI is InChI=1S/2C17H17N.C2H8Si/c2*1-13-11-14-7-6-10-17(16(14)12-13)18(2)15-8-4-3-5-9-15;1-3-2/h2*3-10,12H,11H2,1-2H3;3H2,1-2H3. The summed E-state index contributed by atoms with van der Waals surface area (Å²) in [6, 6.07) is 34.1. The Balaban J connectivity index is 0.000000165. The predicted molar refractivity (Wildman–Crippen MR) is 177 cm³/mol. The van der Waals surface area contributed by atoms with Crippen LogP contribution in [0.5, 0.6) is 0 Å². The molecule has 0 saturated heterocycles. The van der Waals surface area contributed by atoms with E-state index in [1.54, 1.807) is 0 Å². The molecular weight excluding hydrogens is 488 g/mol. The third-order valence-electron chi connectivity index (χ3n) is 7.08. The van der Waals surface area contributed by atoms with Gasteiger partial charge < -0.3 is 9.80 Å². The van der Waals surface area contributed by atoms with Crippen LogP contribution in [0.4, 0.5) is 22.7 Å². The highest BCUT2D eigenvalue weighted by molar-refractivity contribution is 6.31. The van der Waals surface area contributed by atoms with Gasteiger partial charge >= 0.3 is 0 Å². The van der Waals surface area contributed by atoms with Gasteiger partial charge in [0.25, 0.3) is 0 Å². The van der Waals surface area contributed by atoms with Gasteiger partial charge in [-0.3, -0.25) is 0 Å². The number of fused-ring (bicyclic) bond motifs is 2. The van der Waals surface area contributed by atoms with E-state index in [-0.39, 0.29) is 0 Å². The van der Waals surface area contributed by atoms with Crippen molar-refractivity contribution in [3.8, 4) is 0 Å². The van der Waals surface area contributed by atoms with E-state index in [9.17, 15) is 0 Å². The summed E-state index contributed by atoms with van der Waals surface area (Å²) >= 11 is 0. The Morgan fingerprint density at radius 2 is 0.872 bits per heavy atom. The molecule has 0 aromatic heterocycles. The van der Waals surface area contributed by atoms with Gasteiger partial charge in [-0.25, -0.2) is 0 Å². The summed E-state index contributed by atoms with van der Waals surface area (Å²) in [7, 11) is 4.68. The monoisotopic (exact) mass is 530 g/mol. The molecule has 0 atom stereocenters. The number of anilines is 4. The summed E-state index contributed by atoms with van der Waals surface area (Å²) in [6.07, 6.45) is 6.80. The number of para-hydroxylation sites is 2. The Labute approximate surface area is 238 Å². The van der Waals surface area contributed by atoms with Crippen LogP contribution in [-0.4, -0.2) is 23.6 Å². The average molecular weight is 531 g/mol. The van der Waals surface area contributed by atoms with Gasteiger partial charge in [0.05, 0.1) is 0 Å². The van der Waals surface area contributed by atoms with Crippen molar-refractivity contribution < 1.29 is 0 Å². The maximum Gasteiger partial charge on any atom is 0.0484 e. The first-order valence-electron chi connectivity index (χ1n) is 14.1. The number of benzene rings is 4. The van der Waals surface area contributed by atoms with Gasteiger partial charge in [-0.15, -0.1) is 0 Å². The second-order valence-corrected chi connectivity index (χ2v) is 11.9. The molecule has 0 spiro atoms. The fourth-order valence-electron chi connectivity index (χ4n) is 5.20. The minimum atomic E-state index is 0.417. The molecule has 4 aromatic rings. The summed E-state index contributed by atoms with van der Waals surface area (Å²) in [5.41, 5.74) is 13.5. The molecule has 0 amide bonds. The van der Waals surface area contributed by atoms with Crippen LogP contribution in [0.2, 0.25) is 13.1 Å². The quantitative estimate of drug-likeness (QED) is 0.243. The van der Waals surface area contributed by atoms with Gasteiger partial charge in [0.15, 0.2) is 0 Å². The van der Waals surface area contributed by atoms with Crippen LogP contribution in [0.25, 0.3) is 12.2 Å². The van der Waals surface area contributed by atoms with Crippen molar-refractivity contribution in [1.29, 1.82) is 0 Å². The first-order chi connectivity index (χ1) is 18.9.